The Morgan fingerprint density at radius 3 is 2.00 bits per heavy atom. The first-order valence-electron chi connectivity index (χ1n) is 5.52. The van der Waals surface area contributed by atoms with E-state index in [-0.39, 0.29) is 12.2 Å². The summed E-state index contributed by atoms with van der Waals surface area (Å²) in [5.74, 6) is -3.98. The molecule has 5 heteroatoms. The van der Waals surface area contributed by atoms with E-state index < -0.39 is 23.1 Å². The van der Waals surface area contributed by atoms with Crippen LogP contribution < -0.4 is 5.32 Å². The van der Waals surface area contributed by atoms with E-state index in [1.807, 2.05) is 13.8 Å². The molecule has 1 aromatic carbocycles. The van der Waals surface area contributed by atoms with Crippen molar-refractivity contribution >= 4 is 5.69 Å². The van der Waals surface area contributed by atoms with Gasteiger partial charge in [-0.25, -0.2) is 13.2 Å². The van der Waals surface area contributed by atoms with Crippen LogP contribution in [0.1, 0.15) is 26.7 Å². The van der Waals surface area contributed by atoms with E-state index in [1.165, 1.54) is 0 Å². The molecular weight excluding hydrogens is 231 g/mol. The fourth-order valence-corrected chi connectivity index (χ4v) is 1.42. The highest BCUT2D eigenvalue weighted by Crippen LogP contribution is 2.20. The van der Waals surface area contributed by atoms with Crippen molar-refractivity contribution in [2.24, 2.45) is 0 Å². The zero-order valence-corrected chi connectivity index (χ0v) is 9.86. The van der Waals surface area contributed by atoms with Gasteiger partial charge in [-0.15, -0.1) is 0 Å². The average Bonchev–Trinajstić information content (AvgIpc) is 2.32. The second-order valence-electron chi connectivity index (χ2n) is 4.04. The zero-order valence-electron chi connectivity index (χ0n) is 9.86. The van der Waals surface area contributed by atoms with Gasteiger partial charge in [-0.2, -0.15) is 0 Å². The molecule has 17 heavy (non-hydrogen) atoms. The van der Waals surface area contributed by atoms with Gasteiger partial charge in [0.05, 0.1) is 5.60 Å². The fourth-order valence-electron chi connectivity index (χ4n) is 1.42. The number of rotatable bonds is 5. The fraction of sp³-hybridized carbons (Fsp3) is 0.500. The van der Waals surface area contributed by atoms with Crippen molar-refractivity contribution < 1.29 is 18.3 Å². The third-order valence-corrected chi connectivity index (χ3v) is 2.92. The van der Waals surface area contributed by atoms with Crippen molar-refractivity contribution in [3.8, 4) is 0 Å². The summed E-state index contributed by atoms with van der Waals surface area (Å²) >= 11 is 0. The Kier molecular flexibility index (Phi) is 4.40. The van der Waals surface area contributed by atoms with Gasteiger partial charge in [0, 0.05) is 24.4 Å². The standard InChI is InChI=1S/C12H16F3NO/c1-3-12(17,4-2)7-16-8-5-9(13)11(15)10(14)6-8/h5-6,16-17H,3-4,7H2,1-2H3. The Labute approximate surface area is 98.5 Å². The molecule has 0 aromatic heterocycles. The highest BCUT2D eigenvalue weighted by atomic mass is 19.2. The molecule has 1 aromatic rings. The van der Waals surface area contributed by atoms with Crippen LogP contribution in [-0.2, 0) is 0 Å². The average molecular weight is 247 g/mol. The van der Waals surface area contributed by atoms with Crippen molar-refractivity contribution in [1.82, 2.24) is 0 Å². The summed E-state index contributed by atoms with van der Waals surface area (Å²) < 4.78 is 38.5. The molecule has 2 N–H and O–H groups in total. The van der Waals surface area contributed by atoms with E-state index in [2.05, 4.69) is 5.32 Å². The van der Waals surface area contributed by atoms with Crippen molar-refractivity contribution in [1.29, 1.82) is 0 Å². The molecule has 0 atom stereocenters. The van der Waals surface area contributed by atoms with Gasteiger partial charge in [0.2, 0.25) is 0 Å². The number of aliphatic hydroxyl groups is 1. The van der Waals surface area contributed by atoms with E-state index in [9.17, 15) is 18.3 Å². The highest BCUT2D eigenvalue weighted by Gasteiger charge is 2.22. The van der Waals surface area contributed by atoms with Crippen LogP contribution in [0.15, 0.2) is 12.1 Å². The molecule has 0 aliphatic rings. The Morgan fingerprint density at radius 1 is 1.12 bits per heavy atom. The van der Waals surface area contributed by atoms with Crippen molar-refractivity contribution in [3.63, 3.8) is 0 Å². The molecule has 0 aliphatic heterocycles. The summed E-state index contributed by atoms with van der Waals surface area (Å²) in [7, 11) is 0. The van der Waals surface area contributed by atoms with Gasteiger partial charge in [0.15, 0.2) is 17.5 Å². The van der Waals surface area contributed by atoms with E-state index in [4.69, 9.17) is 0 Å². The topological polar surface area (TPSA) is 32.3 Å². The lowest BCUT2D eigenvalue weighted by Crippen LogP contribution is -2.35. The Morgan fingerprint density at radius 2 is 1.59 bits per heavy atom. The molecule has 96 valence electrons. The number of benzene rings is 1. The summed E-state index contributed by atoms with van der Waals surface area (Å²) in [5, 5.41) is 12.7. The molecule has 0 amide bonds. The first kappa shape index (κ1) is 13.8. The van der Waals surface area contributed by atoms with Gasteiger partial charge in [-0.1, -0.05) is 13.8 Å². The summed E-state index contributed by atoms with van der Waals surface area (Å²) in [5.41, 5.74) is -0.817. The molecule has 0 radical (unpaired) electrons. The molecule has 0 bridgehead atoms. The van der Waals surface area contributed by atoms with Crippen LogP contribution in [0.25, 0.3) is 0 Å². The first-order chi connectivity index (χ1) is 7.91. The Hall–Kier alpha value is -1.23. The maximum Gasteiger partial charge on any atom is 0.194 e. The van der Waals surface area contributed by atoms with Crippen LogP contribution in [0.3, 0.4) is 0 Å². The zero-order chi connectivity index (χ0) is 13.1. The second kappa shape index (κ2) is 5.40. The summed E-state index contributed by atoms with van der Waals surface area (Å²) in [6, 6.07) is 1.73. The SMILES string of the molecule is CCC(O)(CC)CNc1cc(F)c(F)c(F)c1. The van der Waals surface area contributed by atoms with Gasteiger partial charge in [0.25, 0.3) is 0 Å². The lowest BCUT2D eigenvalue weighted by Gasteiger charge is -2.26. The second-order valence-corrected chi connectivity index (χ2v) is 4.04. The van der Waals surface area contributed by atoms with Crippen LogP contribution >= 0.6 is 0 Å². The molecular formula is C12H16F3NO. The Bertz CT molecular complexity index is 368. The van der Waals surface area contributed by atoms with Crippen molar-refractivity contribution in [3.05, 3.63) is 29.6 Å². The summed E-state index contributed by atoms with van der Waals surface area (Å²) in [6.45, 7) is 3.79. The first-order valence-corrected chi connectivity index (χ1v) is 5.52. The maximum atomic E-state index is 12.9. The van der Waals surface area contributed by atoms with Crippen LogP contribution in [-0.4, -0.2) is 17.3 Å². The van der Waals surface area contributed by atoms with E-state index in [1.54, 1.807) is 0 Å². The Balaban J connectivity index is 2.76. The van der Waals surface area contributed by atoms with Crippen LogP contribution in [0, 0.1) is 17.5 Å². The third-order valence-electron chi connectivity index (χ3n) is 2.92. The van der Waals surface area contributed by atoms with Crippen molar-refractivity contribution in [2.75, 3.05) is 11.9 Å². The monoisotopic (exact) mass is 247 g/mol. The molecule has 0 fully saturated rings. The van der Waals surface area contributed by atoms with Crippen LogP contribution in [0.5, 0.6) is 0 Å². The normalized spacial score (nSPS) is 11.6. The minimum Gasteiger partial charge on any atom is -0.388 e. The molecule has 0 aliphatic carbocycles. The predicted octanol–water partition coefficient (Wildman–Crippen LogP) is 3.07. The number of hydrogen-bond donors (Lipinski definition) is 2. The van der Waals surface area contributed by atoms with E-state index in [0.717, 1.165) is 12.1 Å². The lowest BCUT2D eigenvalue weighted by atomic mass is 9.97. The van der Waals surface area contributed by atoms with Gasteiger partial charge in [-0.3, -0.25) is 0 Å². The number of halogens is 3. The third kappa shape index (κ3) is 3.36. The molecule has 0 saturated carbocycles. The smallest absolute Gasteiger partial charge is 0.194 e. The minimum atomic E-state index is -1.49. The lowest BCUT2D eigenvalue weighted by molar-refractivity contribution is 0.0457. The van der Waals surface area contributed by atoms with Gasteiger partial charge in [-0.05, 0) is 12.8 Å². The minimum absolute atomic E-state index is 0.113. The van der Waals surface area contributed by atoms with Gasteiger partial charge in [0.1, 0.15) is 0 Å². The van der Waals surface area contributed by atoms with E-state index >= 15 is 0 Å². The summed E-state index contributed by atoms with van der Waals surface area (Å²) in [4.78, 5) is 0. The van der Waals surface area contributed by atoms with Crippen molar-refractivity contribution in [2.45, 2.75) is 32.3 Å². The largest absolute Gasteiger partial charge is 0.388 e. The number of nitrogens with one attached hydrogen (secondary N) is 1. The number of anilines is 1. The summed E-state index contributed by atoms with van der Waals surface area (Å²) in [6.07, 6.45) is 1.03. The van der Waals surface area contributed by atoms with Gasteiger partial charge < -0.3 is 10.4 Å². The molecule has 0 unspecified atom stereocenters. The quantitative estimate of drug-likeness (QED) is 0.784. The predicted molar refractivity (Wildman–Crippen MR) is 60.3 cm³/mol. The molecule has 1 rings (SSSR count). The molecule has 0 spiro atoms. The van der Waals surface area contributed by atoms with Gasteiger partial charge >= 0.3 is 0 Å². The molecule has 0 saturated heterocycles. The molecule has 2 nitrogen and oxygen atoms in total. The van der Waals surface area contributed by atoms with E-state index in [0.29, 0.717) is 12.8 Å². The highest BCUT2D eigenvalue weighted by molar-refractivity contribution is 5.44. The number of hydrogen-bond acceptors (Lipinski definition) is 2. The van der Waals surface area contributed by atoms with Crippen LogP contribution in [0.4, 0.5) is 18.9 Å². The molecule has 0 heterocycles. The maximum absolute atomic E-state index is 12.9. The van der Waals surface area contributed by atoms with Crippen LogP contribution in [0.2, 0.25) is 0 Å².